The number of hydrogen-bond acceptors (Lipinski definition) is 3. The molecule has 0 unspecified atom stereocenters. The highest BCUT2D eigenvalue weighted by Crippen LogP contribution is 2.35. The number of aryl methyl sites for hydroxylation is 2. The van der Waals surface area contributed by atoms with E-state index in [1.807, 2.05) is 20.8 Å². The molecule has 0 saturated heterocycles. The molecular weight excluding hydrogens is 214 g/mol. The highest BCUT2D eigenvalue weighted by Gasteiger charge is 2.16. The molecule has 0 amide bonds. The Morgan fingerprint density at radius 1 is 1.00 bits per heavy atom. The van der Waals surface area contributed by atoms with Crippen molar-refractivity contribution in [3.05, 3.63) is 23.3 Å². The summed E-state index contributed by atoms with van der Waals surface area (Å²) in [6.45, 7) is 6.65. The molecule has 0 saturated carbocycles. The van der Waals surface area contributed by atoms with Crippen molar-refractivity contribution < 1.29 is 9.47 Å². The topological polar surface area (TPSA) is 44.5 Å². The Kier molecular flexibility index (Phi) is 8.24. The standard InChI is InChI=1S/C10H12O2.C2H7N.C2H6/c1-11-9-5-7-3-4-8(7)6-10(9)12-2;1-2-3;1-2/h5-6H,3-4H2,1-2H3;2-3H2,1H3;1-2H3. The van der Waals surface area contributed by atoms with E-state index in [-0.39, 0.29) is 0 Å². The van der Waals surface area contributed by atoms with Gasteiger partial charge in [-0.15, -0.1) is 0 Å². The molecule has 0 bridgehead atoms. The van der Waals surface area contributed by atoms with Crippen molar-refractivity contribution in [2.75, 3.05) is 20.8 Å². The van der Waals surface area contributed by atoms with E-state index in [1.54, 1.807) is 14.2 Å². The van der Waals surface area contributed by atoms with Gasteiger partial charge in [-0.05, 0) is 42.6 Å². The third kappa shape index (κ3) is 4.27. The molecule has 0 radical (unpaired) electrons. The van der Waals surface area contributed by atoms with Crippen molar-refractivity contribution >= 4 is 0 Å². The first-order valence-electron chi connectivity index (χ1n) is 6.20. The first-order valence-corrected chi connectivity index (χ1v) is 6.20. The van der Waals surface area contributed by atoms with Gasteiger partial charge in [0.05, 0.1) is 14.2 Å². The van der Waals surface area contributed by atoms with E-state index in [0.29, 0.717) is 0 Å². The molecule has 1 aliphatic carbocycles. The van der Waals surface area contributed by atoms with Crippen LogP contribution < -0.4 is 15.2 Å². The maximum atomic E-state index is 5.18. The van der Waals surface area contributed by atoms with Gasteiger partial charge < -0.3 is 15.2 Å². The van der Waals surface area contributed by atoms with E-state index in [2.05, 4.69) is 12.1 Å². The zero-order chi connectivity index (χ0) is 13.3. The molecule has 17 heavy (non-hydrogen) atoms. The van der Waals surface area contributed by atoms with Crippen LogP contribution in [0.25, 0.3) is 0 Å². The molecule has 2 N–H and O–H groups in total. The van der Waals surface area contributed by atoms with E-state index in [0.717, 1.165) is 18.0 Å². The molecule has 0 heterocycles. The molecule has 2 rings (SSSR count). The molecule has 1 aliphatic rings. The molecule has 0 fully saturated rings. The van der Waals surface area contributed by atoms with Crippen LogP contribution in [-0.2, 0) is 12.8 Å². The molecule has 98 valence electrons. The van der Waals surface area contributed by atoms with Gasteiger partial charge >= 0.3 is 0 Å². The normalized spacial score (nSPS) is 10.7. The second-order valence-corrected chi connectivity index (χ2v) is 3.38. The van der Waals surface area contributed by atoms with Crippen molar-refractivity contribution in [2.45, 2.75) is 33.6 Å². The van der Waals surface area contributed by atoms with Crippen LogP contribution in [-0.4, -0.2) is 20.8 Å². The van der Waals surface area contributed by atoms with Crippen LogP contribution in [0, 0.1) is 0 Å². The van der Waals surface area contributed by atoms with Crippen LogP contribution in [0.2, 0.25) is 0 Å². The smallest absolute Gasteiger partial charge is 0.161 e. The Morgan fingerprint density at radius 2 is 1.29 bits per heavy atom. The molecule has 1 aromatic carbocycles. The number of methoxy groups -OCH3 is 2. The molecule has 0 aromatic heterocycles. The number of fused-ring (bicyclic) bond motifs is 1. The average molecular weight is 239 g/mol. The molecule has 0 atom stereocenters. The second kappa shape index (κ2) is 8.88. The van der Waals surface area contributed by atoms with E-state index < -0.39 is 0 Å². The van der Waals surface area contributed by atoms with Crippen molar-refractivity contribution in [3.8, 4) is 11.5 Å². The Bertz CT molecular complexity index is 293. The minimum atomic E-state index is 0.750. The fourth-order valence-corrected chi connectivity index (χ4v) is 1.52. The average Bonchev–Trinajstić information content (AvgIpc) is 2.34. The molecule has 0 aliphatic heterocycles. The number of hydrogen-bond donors (Lipinski definition) is 1. The van der Waals surface area contributed by atoms with Crippen molar-refractivity contribution in [1.82, 2.24) is 0 Å². The predicted octanol–water partition coefficient (Wildman–Crippen LogP) is 2.79. The number of nitrogens with two attached hydrogens (primary N) is 1. The van der Waals surface area contributed by atoms with Crippen LogP contribution in [0.15, 0.2) is 12.1 Å². The lowest BCUT2D eigenvalue weighted by molar-refractivity contribution is 0.353. The van der Waals surface area contributed by atoms with Gasteiger partial charge in [0.1, 0.15) is 0 Å². The summed E-state index contributed by atoms with van der Waals surface area (Å²) in [6.07, 6.45) is 2.35. The first kappa shape index (κ1) is 15.8. The molecular formula is C14H25NO2. The lowest BCUT2D eigenvalue weighted by atomic mass is 9.88. The second-order valence-electron chi connectivity index (χ2n) is 3.38. The number of rotatable bonds is 2. The van der Waals surface area contributed by atoms with Gasteiger partial charge in [0.25, 0.3) is 0 Å². The summed E-state index contributed by atoms with van der Waals surface area (Å²) in [4.78, 5) is 0. The summed E-state index contributed by atoms with van der Waals surface area (Å²) in [5, 5.41) is 0. The minimum absolute atomic E-state index is 0.750. The predicted molar refractivity (Wildman–Crippen MR) is 73.0 cm³/mol. The number of ether oxygens (including phenoxy) is 2. The minimum Gasteiger partial charge on any atom is -0.493 e. The van der Waals surface area contributed by atoms with Crippen molar-refractivity contribution in [1.29, 1.82) is 0 Å². The maximum Gasteiger partial charge on any atom is 0.161 e. The maximum absolute atomic E-state index is 5.18. The van der Waals surface area contributed by atoms with Gasteiger partial charge in [-0.2, -0.15) is 0 Å². The highest BCUT2D eigenvalue weighted by atomic mass is 16.5. The van der Waals surface area contributed by atoms with Gasteiger partial charge in [0.2, 0.25) is 0 Å². The summed E-state index contributed by atoms with van der Waals surface area (Å²) in [7, 11) is 3.34. The third-order valence-corrected chi connectivity index (χ3v) is 2.37. The van der Waals surface area contributed by atoms with Crippen molar-refractivity contribution in [2.24, 2.45) is 5.73 Å². The fourth-order valence-electron chi connectivity index (χ4n) is 1.52. The third-order valence-electron chi connectivity index (χ3n) is 2.37. The lowest BCUT2D eigenvalue weighted by Crippen LogP contribution is -2.08. The summed E-state index contributed by atoms with van der Waals surface area (Å²) in [5.41, 5.74) is 7.64. The Morgan fingerprint density at radius 3 is 1.47 bits per heavy atom. The zero-order valence-corrected chi connectivity index (χ0v) is 11.7. The van der Waals surface area contributed by atoms with Gasteiger partial charge in [0.15, 0.2) is 11.5 Å². The van der Waals surface area contributed by atoms with Crippen LogP contribution in [0.4, 0.5) is 0 Å². The summed E-state index contributed by atoms with van der Waals surface area (Å²) in [6, 6.07) is 4.13. The molecule has 3 heteroatoms. The van der Waals surface area contributed by atoms with Gasteiger partial charge in [-0.3, -0.25) is 0 Å². The van der Waals surface area contributed by atoms with Gasteiger partial charge in [-0.1, -0.05) is 20.8 Å². The van der Waals surface area contributed by atoms with E-state index in [1.165, 1.54) is 24.0 Å². The quantitative estimate of drug-likeness (QED) is 0.863. The Balaban J connectivity index is 0.000000450. The SMILES string of the molecule is CC.CCN.COc1cc2c(cc1OC)CC2. The fraction of sp³-hybridized carbons (Fsp3) is 0.571. The largest absolute Gasteiger partial charge is 0.493 e. The van der Waals surface area contributed by atoms with E-state index >= 15 is 0 Å². The zero-order valence-electron chi connectivity index (χ0n) is 11.7. The molecule has 0 spiro atoms. The van der Waals surface area contributed by atoms with Gasteiger partial charge in [0, 0.05) is 0 Å². The van der Waals surface area contributed by atoms with Crippen LogP contribution in [0.5, 0.6) is 11.5 Å². The lowest BCUT2D eigenvalue weighted by Gasteiger charge is -2.20. The summed E-state index contributed by atoms with van der Waals surface area (Å²) < 4.78 is 10.4. The summed E-state index contributed by atoms with van der Waals surface area (Å²) >= 11 is 0. The highest BCUT2D eigenvalue weighted by molar-refractivity contribution is 5.50. The van der Waals surface area contributed by atoms with Crippen LogP contribution in [0.1, 0.15) is 31.9 Å². The Labute approximate surface area is 105 Å². The van der Waals surface area contributed by atoms with E-state index in [4.69, 9.17) is 15.2 Å². The van der Waals surface area contributed by atoms with E-state index in [9.17, 15) is 0 Å². The summed E-state index contributed by atoms with van der Waals surface area (Å²) in [5.74, 6) is 1.69. The first-order chi connectivity index (χ1) is 8.26. The van der Waals surface area contributed by atoms with Crippen LogP contribution >= 0.6 is 0 Å². The van der Waals surface area contributed by atoms with Crippen molar-refractivity contribution in [3.63, 3.8) is 0 Å². The van der Waals surface area contributed by atoms with Crippen LogP contribution in [0.3, 0.4) is 0 Å². The molecule has 1 aromatic rings. The van der Waals surface area contributed by atoms with Gasteiger partial charge in [-0.25, -0.2) is 0 Å². The Hall–Kier alpha value is -1.22. The molecule has 3 nitrogen and oxygen atoms in total. The number of benzene rings is 1. The monoisotopic (exact) mass is 239 g/mol.